The summed E-state index contributed by atoms with van der Waals surface area (Å²) in [6.45, 7) is 6.48. The smallest absolute Gasteiger partial charge is 0.246 e. The Bertz CT molecular complexity index is 1790. The number of amides is 1. The Morgan fingerprint density at radius 3 is 2.42 bits per heavy atom. The molecule has 3 heterocycles. The second-order valence-corrected chi connectivity index (χ2v) is 13.4. The van der Waals surface area contributed by atoms with Crippen molar-refractivity contribution >= 4 is 49.8 Å². The van der Waals surface area contributed by atoms with Gasteiger partial charge >= 0.3 is 0 Å². The minimum absolute atomic E-state index is 0.0329. The predicted octanol–water partition coefficient (Wildman–Crippen LogP) is 4.87. The number of sulfonamides is 1. The highest BCUT2D eigenvalue weighted by molar-refractivity contribution is 7.89. The van der Waals surface area contributed by atoms with Crippen LogP contribution in [0.5, 0.6) is 0 Å². The van der Waals surface area contributed by atoms with E-state index in [9.17, 15) is 17.6 Å². The number of para-hydroxylation sites is 1. The molecule has 3 aromatic carbocycles. The molecule has 1 amide bonds. The van der Waals surface area contributed by atoms with E-state index in [1.54, 1.807) is 37.4 Å². The van der Waals surface area contributed by atoms with Crippen molar-refractivity contribution < 1.29 is 17.6 Å². The van der Waals surface area contributed by atoms with Crippen molar-refractivity contribution in [3.05, 3.63) is 94.9 Å². The standard InChI is InChI=1S/C32H33ClFN5O3S/c1-22-8-9-25(33)20-28(22)36-13-15-37(16-14-36)32(40)29-21-38(17-18-39(29)27-11-10-26(34)19-23(27)2)43(41,42)30-7-3-5-24-6-4-12-35-31(24)30/h3-12,19-20,29H,13-18,21H2,1-2H3. The second-order valence-electron chi connectivity index (χ2n) is 11.1. The number of piperazine rings is 2. The van der Waals surface area contributed by atoms with Gasteiger partial charge in [-0.2, -0.15) is 4.31 Å². The molecule has 0 saturated carbocycles. The van der Waals surface area contributed by atoms with E-state index in [-0.39, 0.29) is 36.3 Å². The van der Waals surface area contributed by atoms with Crippen molar-refractivity contribution in [1.82, 2.24) is 14.2 Å². The molecule has 0 aliphatic carbocycles. The fourth-order valence-corrected chi connectivity index (χ4v) is 7.91. The van der Waals surface area contributed by atoms with Crippen LogP contribution in [0.1, 0.15) is 11.1 Å². The summed E-state index contributed by atoms with van der Waals surface area (Å²) in [5.41, 5.74) is 3.96. The SMILES string of the molecule is Cc1ccc(Cl)cc1N1CCN(C(=O)C2CN(S(=O)(=O)c3cccc4cccnc34)CCN2c2ccc(F)cc2C)CC1. The molecular weight excluding hydrogens is 589 g/mol. The first kappa shape index (κ1) is 29.3. The molecule has 1 unspecified atom stereocenters. The topological polar surface area (TPSA) is 77.1 Å². The first-order valence-corrected chi connectivity index (χ1v) is 16.1. The average molecular weight is 622 g/mol. The second kappa shape index (κ2) is 11.7. The van der Waals surface area contributed by atoms with Crippen LogP contribution in [0.4, 0.5) is 15.8 Å². The summed E-state index contributed by atoms with van der Waals surface area (Å²) in [7, 11) is -3.97. The van der Waals surface area contributed by atoms with Crippen LogP contribution in [0.25, 0.3) is 10.9 Å². The third kappa shape index (κ3) is 5.67. The van der Waals surface area contributed by atoms with Gasteiger partial charge in [-0.05, 0) is 67.4 Å². The van der Waals surface area contributed by atoms with Crippen molar-refractivity contribution in [2.45, 2.75) is 24.8 Å². The zero-order valence-corrected chi connectivity index (χ0v) is 25.7. The van der Waals surface area contributed by atoms with Crippen LogP contribution in [0.15, 0.2) is 77.8 Å². The van der Waals surface area contributed by atoms with Gasteiger partial charge in [-0.3, -0.25) is 9.78 Å². The van der Waals surface area contributed by atoms with Gasteiger partial charge in [0.2, 0.25) is 15.9 Å². The zero-order valence-electron chi connectivity index (χ0n) is 24.1. The third-order valence-corrected chi connectivity index (χ3v) is 10.5. The summed E-state index contributed by atoms with van der Waals surface area (Å²) >= 11 is 6.26. The van der Waals surface area contributed by atoms with E-state index in [2.05, 4.69) is 9.88 Å². The highest BCUT2D eigenvalue weighted by atomic mass is 35.5. The number of fused-ring (bicyclic) bond motifs is 1. The summed E-state index contributed by atoms with van der Waals surface area (Å²) in [4.78, 5) is 24.7. The Balaban J connectivity index is 1.29. The van der Waals surface area contributed by atoms with Gasteiger partial charge in [-0.25, -0.2) is 12.8 Å². The number of rotatable bonds is 5. The first-order chi connectivity index (χ1) is 20.6. The zero-order chi connectivity index (χ0) is 30.3. The van der Waals surface area contributed by atoms with Crippen LogP contribution < -0.4 is 9.80 Å². The van der Waals surface area contributed by atoms with Gasteiger partial charge in [-0.1, -0.05) is 35.9 Å². The average Bonchev–Trinajstić information content (AvgIpc) is 3.01. The Morgan fingerprint density at radius 2 is 1.65 bits per heavy atom. The van der Waals surface area contributed by atoms with Crippen LogP contribution in [-0.2, 0) is 14.8 Å². The molecule has 0 radical (unpaired) electrons. The number of aromatic nitrogens is 1. The molecule has 224 valence electrons. The quantitative estimate of drug-likeness (QED) is 0.316. The Hall–Kier alpha value is -3.73. The molecule has 2 aliphatic rings. The summed E-state index contributed by atoms with van der Waals surface area (Å²) in [5, 5.41) is 1.39. The molecule has 2 fully saturated rings. The first-order valence-electron chi connectivity index (χ1n) is 14.3. The molecular formula is C32H33ClFN5O3S. The molecule has 2 saturated heterocycles. The number of benzene rings is 3. The largest absolute Gasteiger partial charge is 0.368 e. The number of hydrogen-bond acceptors (Lipinski definition) is 6. The summed E-state index contributed by atoms with van der Waals surface area (Å²) in [5.74, 6) is -0.511. The fourth-order valence-electron chi connectivity index (χ4n) is 6.14. The number of anilines is 2. The highest BCUT2D eigenvalue weighted by Gasteiger charge is 2.41. The van der Waals surface area contributed by atoms with Gasteiger partial charge in [0, 0.05) is 73.8 Å². The van der Waals surface area contributed by atoms with E-state index in [1.807, 2.05) is 47.1 Å². The number of halogens is 2. The number of carbonyl (C=O) groups excluding carboxylic acids is 1. The van der Waals surface area contributed by atoms with Crippen LogP contribution in [0.2, 0.25) is 5.02 Å². The molecule has 1 atom stereocenters. The third-order valence-electron chi connectivity index (χ3n) is 8.41. The maximum absolute atomic E-state index is 14.2. The molecule has 4 aromatic rings. The van der Waals surface area contributed by atoms with Crippen LogP contribution in [-0.4, -0.2) is 80.4 Å². The highest BCUT2D eigenvalue weighted by Crippen LogP contribution is 2.31. The Labute approximate surface area is 256 Å². The Morgan fingerprint density at radius 1 is 0.884 bits per heavy atom. The molecule has 6 rings (SSSR count). The lowest BCUT2D eigenvalue weighted by molar-refractivity contribution is -0.133. The van der Waals surface area contributed by atoms with Gasteiger partial charge in [0.25, 0.3) is 0 Å². The van der Waals surface area contributed by atoms with Crippen LogP contribution in [0, 0.1) is 19.7 Å². The van der Waals surface area contributed by atoms with E-state index in [0.29, 0.717) is 42.3 Å². The number of pyridine rings is 1. The molecule has 0 spiro atoms. The van der Waals surface area contributed by atoms with E-state index >= 15 is 0 Å². The van der Waals surface area contributed by atoms with Crippen molar-refractivity contribution in [3.8, 4) is 0 Å². The minimum Gasteiger partial charge on any atom is -0.368 e. The molecule has 1 aromatic heterocycles. The number of hydrogen-bond donors (Lipinski definition) is 0. The molecule has 43 heavy (non-hydrogen) atoms. The summed E-state index contributed by atoms with van der Waals surface area (Å²) in [6, 6.07) is 18.2. The lowest BCUT2D eigenvalue weighted by Crippen LogP contribution is -2.62. The summed E-state index contributed by atoms with van der Waals surface area (Å²) in [6.07, 6.45) is 1.58. The van der Waals surface area contributed by atoms with Crippen molar-refractivity contribution in [2.24, 2.45) is 0 Å². The lowest BCUT2D eigenvalue weighted by atomic mass is 10.1. The maximum atomic E-state index is 14.2. The van der Waals surface area contributed by atoms with Crippen LogP contribution >= 0.6 is 11.6 Å². The van der Waals surface area contributed by atoms with E-state index in [0.717, 1.165) is 22.3 Å². The van der Waals surface area contributed by atoms with E-state index in [4.69, 9.17) is 11.6 Å². The molecule has 2 aliphatic heterocycles. The van der Waals surface area contributed by atoms with Crippen molar-refractivity contribution in [1.29, 1.82) is 0 Å². The number of carbonyl (C=O) groups is 1. The number of nitrogens with zero attached hydrogens (tertiary/aromatic N) is 5. The normalized spacial score (nSPS) is 18.3. The van der Waals surface area contributed by atoms with E-state index < -0.39 is 16.1 Å². The van der Waals surface area contributed by atoms with Crippen molar-refractivity contribution in [3.63, 3.8) is 0 Å². The maximum Gasteiger partial charge on any atom is 0.246 e. The lowest BCUT2D eigenvalue weighted by Gasteiger charge is -2.45. The Kier molecular flexibility index (Phi) is 8.02. The van der Waals surface area contributed by atoms with Gasteiger partial charge in [0.1, 0.15) is 16.8 Å². The number of aryl methyl sites for hydroxylation is 2. The van der Waals surface area contributed by atoms with Gasteiger partial charge in [0.05, 0.1) is 5.52 Å². The van der Waals surface area contributed by atoms with E-state index in [1.165, 1.54) is 16.4 Å². The van der Waals surface area contributed by atoms with Gasteiger partial charge < -0.3 is 14.7 Å². The monoisotopic (exact) mass is 621 g/mol. The molecule has 8 nitrogen and oxygen atoms in total. The fraction of sp³-hybridized carbons (Fsp3) is 0.312. The minimum atomic E-state index is -3.97. The predicted molar refractivity (Wildman–Crippen MR) is 168 cm³/mol. The van der Waals surface area contributed by atoms with Gasteiger partial charge in [0.15, 0.2) is 0 Å². The van der Waals surface area contributed by atoms with Crippen molar-refractivity contribution in [2.75, 3.05) is 55.6 Å². The molecule has 0 N–H and O–H groups in total. The summed E-state index contributed by atoms with van der Waals surface area (Å²) < 4.78 is 43.5. The van der Waals surface area contributed by atoms with Gasteiger partial charge in [-0.15, -0.1) is 0 Å². The van der Waals surface area contributed by atoms with Crippen LogP contribution in [0.3, 0.4) is 0 Å². The molecule has 11 heteroatoms. The molecule has 0 bridgehead atoms.